The van der Waals surface area contributed by atoms with Crippen LogP contribution in [-0.2, 0) is 9.53 Å². The molecule has 2 saturated heterocycles. The standard InChI is InChI=1S/C13H26N3O2.3ClH/c1-16(11-3-7-15-8-4-11)9-5-13(14,6-10-16)12(17)18-2;;;/h11,15H,3-10,14H2,1-2H3;3*1H/q+1;;;. The first-order valence-electron chi connectivity index (χ1n) is 6.92. The molecule has 0 unspecified atom stereocenters. The number of likely N-dealkylation sites (tertiary alicyclic amines) is 1. The molecule has 3 N–H and O–H groups in total. The molecule has 128 valence electrons. The quantitative estimate of drug-likeness (QED) is 0.568. The highest BCUT2D eigenvalue weighted by atomic mass is 35.5. The van der Waals surface area contributed by atoms with E-state index in [1.165, 1.54) is 20.0 Å². The molecule has 0 aromatic carbocycles. The average Bonchev–Trinajstić information content (AvgIpc) is 2.42. The second-order valence-electron chi connectivity index (χ2n) is 6.06. The van der Waals surface area contributed by atoms with E-state index in [-0.39, 0.29) is 43.2 Å². The number of hydrogen-bond donors (Lipinski definition) is 2. The number of methoxy groups -OCH3 is 1. The van der Waals surface area contributed by atoms with Gasteiger partial charge in [-0.25, -0.2) is 0 Å². The fourth-order valence-electron chi connectivity index (χ4n) is 3.35. The molecule has 0 aliphatic carbocycles. The van der Waals surface area contributed by atoms with E-state index in [0.717, 1.165) is 43.5 Å². The minimum Gasteiger partial charge on any atom is -0.468 e. The van der Waals surface area contributed by atoms with Crippen molar-refractivity contribution in [3.63, 3.8) is 0 Å². The molecule has 0 atom stereocenters. The molecule has 2 fully saturated rings. The van der Waals surface area contributed by atoms with E-state index in [1.807, 2.05) is 0 Å². The maximum absolute atomic E-state index is 11.7. The highest BCUT2D eigenvalue weighted by Crippen LogP contribution is 2.30. The van der Waals surface area contributed by atoms with Gasteiger partial charge in [-0.05, 0) is 0 Å². The van der Waals surface area contributed by atoms with Crippen LogP contribution >= 0.6 is 37.2 Å². The summed E-state index contributed by atoms with van der Waals surface area (Å²) >= 11 is 0. The normalized spacial score (nSPS) is 32.9. The van der Waals surface area contributed by atoms with Gasteiger partial charge < -0.3 is 20.3 Å². The van der Waals surface area contributed by atoms with Crippen molar-refractivity contribution in [2.45, 2.75) is 37.3 Å². The third-order valence-electron chi connectivity index (χ3n) is 4.92. The number of nitrogens with one attached hydrogen (secondary N) is 1. The summed E-state index contributed by atoms with van der Waals surface area (Å²) in [6.07, 6.45) is 3.93. The van der Waals surface area contributed by atoms with Gasteiger partial charge in [-0.15, -0.1) is 37.2 Å². The van der Waals surface area contributed by atoms with Crippen LogP contribution in [0.25, 0.3) is 0 Å². The fourth-order valence-corrected chi connectivity index (χ4v) is 3.35. The van der Waals surface area contributed by atoms with Gasteiger partial charge in [0.15, 0.2) is 0 Å². The highest BCUT2D eigenvalue weighted by molar-refractivity contribution is 5.86. The topological polar surface area (TPSA) is 64.3 Å². The predicted molar refractivity (Wildman–Crippen MR) is 91.7 cm³/mol. The van der Waals surface area contributed by atoms with Crippen LogP contribution in [0.15, 0.2) is 0 Å². The highest BCUT2D eigenvalue weighted by Gasteiger charge is 2.46. The Morgan fingerprint density at radius 1 is 1.19 bits per heavy atom. The Morgan fingerprint density at radius 3 is 2.10 bits per heavy atom. The monoisotopic (exact) mass is 364 g/mol. The lowest BCUT2D eigenvalue weighted by atomic mass is 9.85. The molecule has 2 aliphatic heterocycles. The number of carbonyl (C=O) groups excluding carboxylic acids is 1. The van der Waals surface area contributed by atoms with Gasteiger partial charge in [0.1, 0.15) is 5.54 Å². The lowest BCUT2D eigenvalue weighted by Crippen LogP contribution is -2.65. The number of ether oxygens (including phenoxy) is 1. The van der Waals surface area contributed by atoms with Crippen LogP contribution in [0.4, 0.5) is 0 Å². The molecule has 21 heavy (non-hydrogen) atoms. The van der Waals surface area contributed by atoms with Gasteiger partial charge in [-0.1, -0.05) is 0 Å². The summed E-state index contributed by atoms with van der Waals surface area (Å²) in [5.74, 6) is -0.251. The molecular formula is C13H29Cl3N3O2+. The molecule has 0 radical (unpaired) electrons. The molecule has 5 nitrogen and oxygen atoms in total. The van der Waals surface area contributed by atoms with Crippen LogP contribution in [0.2, 0.25) is 0 Å². The smallest absolute Gasteiger partial charge is 0.326 e. The Hall–Kier alpha value is 0.220. The third kappa shape index (κ3) is 5.12. The lowest BCUT2D eigenvalue weighted by molar-refractivity contribution is -0.939. The van der Waals surface area contributed by atoms with Crippen molar-refractivity contribution in [1.29, 1.82) is 0 Å². The molecule has 0 saturated carbocycles. The van der Waals surface area contributed by atoms with Crippen LogP contribution in [0.1, 0.15) is 25.7 Å². The second kappa shape index (κ2) is 9.38. The molecule has 0 spiro atoms. The zero-order chi connectivity index (χ0) is 13.2. The summed E-state index contributed by atoms with van der Waals surface area (Å²) in [7, 11) is 3.74. The molecule has 0 aromatic heterocycles. The number of nitrogens with two attached hydrogens (primary N) is 1. The van der Waals surface area contributed by atoms with Crippen molar-refractivity contribution < 1.29 is 14.0 Å². The van der Waals surface area contributed by atoms with E-state index >= 15 is 0 Å². The maximum atomic E-state index is 11.7. The van der Waals surface area contributed by atoms with E-state index in [9.17, 15) is 4.79 Å². The Kier molecular flexibility index (Phi) is 10.5. The zero-order valence-electron chi connectivity index (χ0n) is 12.8. The molecule has 2 aliphatic rings. The number of halogens is 3. The van der Waals surface area contributed by atoms with Gasteiger partial charge in [0.05, 0.1) is 33.3 Å². The molecule has 2 heterocycles. The van der Waals surface area contributed by atoms with E-state index in [0.29, 0.717) is 6.04 Å². The van der Waals surface area contributed by atoms with Gasteiger partial charge >= 0.3 is 5.97 Å². The predicted octanol–water partition coefficient (Wildman–Crippen LogP) is 1.11. The first-order valence-corrected chi connectivity index (χ1v) is 6.92. The third-order valence-corrected chi connectivity index (χ3v) is 4.92. The van der Waals surface area contributed by atoms with E-state index in [1.54, 1.807) is 0 Å². The van der Waals surface area contributed by atoms with Gasteiger partial charge in [0.2, 0.25) is 0 Å². The van der Waals surface area contributed by atoms with Gasteiger partial charge in [0, 0.05) is 38.8 Å². The fraction of sp³-hybridized carbons (Fsp3) is 0.923. The van der Waals surface area contributed by atoms with Crippen LogP contribution in [0, 0.1) is 0 Å². The van der Waals surface area contributed by atoms with E-state index < -0.39 is 5.54 Å². The zero-order valence-corrected chi connectivity index (χ0v) is 15.2. The number of hydrogen-bond acceptors (Lipinski definition) is 4. The first kappa shape index (κ1) is 23.5. The van der Waals surface area contributed by atoms with E-state index in [2.05, 4.69) is 12.4 Å². The Labute approximate surface area is 146 Å². The SMILES string of the molecule is COC(=O)C1(N)CC[N+](C)(C2CCNCC2)CC1.Cl.Cl.Cl. The first-order chi connectivity index (χ1) is 8.50. The summed E-state index contributed by atoms with van der Waals surface area (Å²) in [6.45, 7) is 4.19. The summed E-state index contributed by atoms with van der Waals surface area (Å²) in [4.78, 5) is 11.7. The van der Waals surface area contributed by atoms with Gasteiger partial charge in [0.25, 0.3) is 0 Å². The molecule has 0 amide bonds. The van der Waals surface area contributed by atoms with Crippen molar-refractivity contribution in [3.05, 3.63) is 0 Å². The minimum absolute atomic E-state index is 0. The average molecular weight is 366 g/mol. The number of esters is 1. The van der Waals surface area contributed by atoms with Crippen molar-refractivity contribution in [2.75, 3.05) is 40.3 Å². The van der Waals surface area contributed by atoms with Crippen molar-refractivity contribution in [2.24, 2.45) is 5.73 Å². The minimum atomic E-state index is -0.751. The Balaban J connectivity index is 0. The van der Waals surface area contributed by atoms with Gasteiger partial charge in [-0.3, -0.25) is 4.79 Å². The summed E-state index contributed by atoms with van der Waals surface area (Å²) in [5, 5.41) is 3.41. The number of nitrogens with zero attached hydrogens (tertiary/aromatic N) is 1. The summed E-state index contributed by atoms with van der Waals surface area (Å²) < 4.78 is 5.89. The largest absolute Gasteiger partial charge is 0.468 e. The summed E-state index contributed by atoms with van der Waals surface area (Å²) in [5.41, 5.74) is 5.42. The summed E-state index contributed by atoms with van der Waals surface area (Å²) in [6, 6.07) is 0.716. The second-order valence-corrected chi connectivity index (χ2v) is 6.06. The molecule has 8 heteroatoms. The Bertz CT molecular complexity index is 318. The van der Waals surface area contributed by atoms with Crippen LogP contribution in [-0.4, -0.2) is 62.4 Å². The molecule has 0 bridgehead atoms. The van der Waals surface area contributed by atoms with E-state index in [4.69, 9.17) is 10.5 Å². The molecule has 0 aromatic rings. The maximum Gasteiger partial charge on any atom is 0.326 e. The van der Waals surface area contributed by atoms with Crippen molar-refractivity contribution >= 4 is 43.2 Å². The van der Waals surface area contributed by atoms with Crippen LogP contribution < -0.4 is 11.1 Å². The number of rotatable bonds is 2. The van der Waals surface area contributed by atoms with Gasteiger partial charge in [-0.2, -0.15) is 0 Å². The van der Waals surface area contributed by atoms with Crippen LogP contribution in [0.3, 0.4) is 0 Å². The Morgan fingerprint density at radius 2 is 1.67 bits per heavy atom. The van der Waals surface area contributed by atoms with Crippen molar-refractivity contribution in [3.8, 4) is 0 Å². The number of quaternary nitrogens is 1. The number of piperidine rings is 2. The number of carbonyl (C=O) groups is 1. The lowest BCUT2D eigenvalue weighted by Gasteiger charge is -2.49. The van der Waals surface area contributed by atoms with Crippen molar-refractivity contribution in [1.82, 2.24) is 5.32 Å². The molecule has 2 rings (SSSR count). The molecular weight excluding hydrogens is 337 g/mol. The van der Waals surface area contributed by atoms with Crippen LogP contribution in [0.5, 0.6) is 0 Å².